The highest BCUT2D eigenvalue weighted by molar-refractivity contribution is 5.41. The maximum atomic E-state index is 5.64. The number of nitrogens with two attached hydrogens (primary N) is 1. The number of hydrogen-bond acceptors (Lipinski definition) is 3. The second-order valence-corrected chi connectivity index (χ2v) is 4.01. The van der Waals surface area contributed by atoms with Gasteiger partial charge in [0.2, 0.25) is 0 Å². The van der Waals surface area contributed by atoms with Crippen LogP contribution in [0.3, 0.4) is 0 Å². The molecule has 0 radical (unpaired) electrons. The summed E-state index contributed by atoms with van der Waals surface area (Å²) in [5.74, 6) is 1.43. The maximum Gasteiger partial charge on any atom is 0.128 e. The Morgan fingerprint density at radius 2 is 2.00 bits per heavy atom. The Balaban J connectivity index is 3.13. The van der Waals surface area contributed by atoms with Crippen LogP contribution >= 0.6 is 0 Å². The molecular formula is C11H19N3. The van der Waals surface area contributed by atoms with E-state index in [-0.39, 0.29) is 0 Å². The van der Waals surface area contributed by atoms with Crippen LogP contribution in [0.2, 0.25) is 0 Å². The monoisotopic (exact) mass is 193 g/mol. The summed E-state index contributed by atoms with van der Waals surface area (Å²) in [7, 11) is 3.99. The molecule has 0 spiro atoms. The maximum absolute atomic E-state index is 5.64. The minimum Gasteiger partial charge on any atom is -0.363 e. The largest absolute Gasteiger partial charge is 0.363 e. The van der Waals surface area contributed by atoms with Crippen molar-refractivity contribution < 1.29 is 0 Å². The molecule has 1 rings (SSSR count). The first kappa shape index (κ1) is 11.0. The third kappa shape index (κ3) is 2.45. The minimum absolute atomic E-state index is 0.445. The molecule has 0 aliphatic rings. The molecule has 2 N–H and O–H groups in total. The Morgan fingerprint density at radius 3 is 2.43 bits per heavy atom. The molecule has 0 aliphatic heterocycles. The van der Waals surface area contributed by atoms with Crippen LogP contribution in [0.4, 0.5) is 5.82 Å². The van der Waals surface area contributed by atoms with Gasteiger partial charge in [0.05, 0.1) is 0 Å². The highest BCUT2D eigenvalue weighted by atomic mass is 15.1. The fraction of sp³-hybridized carbons (Fsp3) is 0.545. The van der Waals surface area contributed by atoms with Crippen LogP contribution in [0.5, 0.6) is 0 Å². The predicted octanol–water partition coefficient (Wildman–Crippen LogP) is 1.73. The summed E-state index contributed by atoms with van der Waals surface area (Å²) < 4.78 is 0. The summed E-state index contributed by atoms with van der Waals surface area (Å²) in [6.45, 7) is 4.85. The Kier molecular flexibility index (Phi) is 3.47. The van der Waals surface area contributed by atoms with Gasteiger partial charge in [-0.25, -0.2) is 4.98 Å². The summed E-state index contributed by atoms with van der Waals surface area (Å²) in [5, 5.41) is 0. The van der Waals surface area contributed by atoms with Gasteiger partial charge in [0.1, 0.15) is 5.82 Å². The molecule has 1 heterocycles. The van der Waals surface area contributed by atoms with Gasteiger partial charge in [-0.05, 0) is 23.6 Å². The third-order valence-electron chi connectivity index (χ3n) is 2.18. The van der Waals surface area contributed by atoms with E-state index in [2.05, 4.69) is 24.9 Å². The summed E-state index contributed by atoms with van der Waals surface area (Å²) in [6, 6.07) is 4.11. The van der Waals surface area contributed by atoms with Crippen molar-refractivity contribution in [2.24, 2.45) is 5.73 Å². The fourth-order valence-electron chi connectivity index (χ4n) is 1.24. The fourth-order valence-corrected chi connectivity index (χ4v) is 1.24. The average Bonchev–Trinajstić information content (AvgIpc) is 2.16. The van der Waals surface area contributed by atoms with Crippen molar-refractivity contribution in [3.63, 3.8) is 0 Å². The lowest BCUT2D eigenvalue weighted by atomic mass is 10.1. The second-order valence-electron chi connectivity index (χ2n) is 4.01. The highest BCUT2D eigenvalue weighted by Crippen LogP contribution is 2.18. The van der Waals surface area contributed by atoms with Crippen molar-refractivity contribution in [1.29, 1.82) is 0 Å². The second kappa shape index (κ2) is 4.42. The van der Waals surface area contributed by atoms with Crippen LogP contribution in [0, 0.1) is 0 Å². The summed E-state index contributed by atoms with van der Waals surface area (Å²) >= 11 is 0. The molecule has 78 valence electrons. The molecule has 1 aromatic rings. The van der Waals surface area contributed by atoms with Crippen LogP contribution in [-0.2, 0) is 6.54 Å². The van der Waals surface area contributed by atoms with Crippen molar-refractivity contribution in [2.45, 2.75) is 26.3 Å². The van der Waals surface area contributed by atoms with Gasteiger partial charge in [-0.3, -0.25) is 0 Å². The summed E-state index contributed by atoms with van der Waals surface area (Å²) in [5.41, 5.74) is 7.90. The van der Waals surface area contributed by atoms with E-state index >= 15 is 0 Å². The van der Waals surface area contributed by atoms with E-state index in [0.717, 1.165) is 17.1 Å². The average molecular weight is 193 g/mol. The van der Waals surface area contributed by atoms with E-state index in [0.29, 0.717) is 12.5 Å². The van der Waals surface area contributed by atoms with Crippen molar-refractivity contribution in [2.75, 3.05) is 19.0 Å². The van der Waals surface area contributed by atoms with Gasteiger partial charge >= 0.3 is 0 Å². The lowest BCUT2D eigenvalue weighted by Crippen LogP contribution is -2.13. The highest BCUT2D eigenvalue weighted by Gasteiger charge is 2.06. The quantitative estimate of drug-likeness (QED) is 0.795. The molecule has 0 amide bonds. The van der Waals surface area contributed by atoms with Crippen LogP contribution in [0.25, 0.3) is 0 Å². The first-order valence-corrected chi connectivity index (χ1v) is 4.93. The predicted molar refractivity (Wildman–Crippen MR) is 60.5 cm³/mol. The smallest absolute Gasteiger partial charge is 0.128 e. The molecule has 0 bridgehead atoms. The van der Waals surface area contributed by atoms with Crippen molar-refractivity contribution >= 4 is 5.82 Å². The van der Waals surface area contributed by atoms with Gasteiger partial charge in [-0.15, -0.1) is 0 Å². The SMILES string of the molecule is CC(C)c1cc(CN)cc(N(C)C)n1. The van der Waals surface area contributed by atoms with Gasteiger partial charge in [-0.2, -0.15) is 0 Å². The van der Waals surface area contributed by atoms with Gasteiger partial charge < -0.3 is 10.6 Å². The minimum atomic E-state index is 0.445. The molecule has 14 heavy (non-hydrogen) atoms. The molecule has 0 aliphatic carbocycles. The van der Waals surface area contributed by atoms with Crippen molar-refractivity contribution in [3.05, 3.63) is 23.4 Å². The molecule has 0 unspecified atom stereocenters. The number of rotatable bonds is 3. The number of hydrogen-bond donors (Lipinski definition) is 1. The van der Waals surface area contributed by atoms with E-state index < -0.39 is 0 Å². The third-order valence-corrected chi connectivity index (χ3v) is 2.18. The molecule has 3 heteroatoms. The number of pyridine rings is 1. The van der Waals surface area contributed by atoms with Crippen molar-refractivity contribution in [3.8, 4) is 0 Å². The summed E-state index contributed by atoms with van der Waals surface area (Å²) in [6.07, 6.45) is 0. The number of aromatic nitrogens is 1. The zero-order chi connectivity index (χ0) is 10.7. The molecule has 0 fully saturated rings. The molecule has 0 atom stereocenters. The van der Waals surface area contributed by atoms with Gasteiger partial charge in [-0.1, -0.05) is 13.8 Å². The van der Waals surface area contributed by atoms with Crippen LogP contribution < -0.4 is 10.6 Å². The normalized spacial score (nSPS) is 10.7. The van der Waals surface area contributed by atoms with Gasteiger partial charge in [0.25, 0.3) is 0 Å². The number of nitrogens with zero attached hydrogens (tertiary/aromatic N) is 2. The Bertz CT molecular complexity index is 279. The first-order chi connectivity index (χ1) is 6.54. The first-order valence-electron chi connectivity index (χ1n) is 4.93. The lowest BCUT2D eigenvalue weighted by Gasteiger charge is -2.15. The molecule has 1 aromatic heterocycles. The van der Waals surface area contributed by atoms with Gasteiger partial charge in [0, 0.05) is 26.3 Å². The van der Waals surface area contributed by atoms with E-state index in [1.54, 1.807) is 0 Å². The lowest BCUT2D eigenvalue weighted by molar-refractivity contribution is 0.812. The zero-order valence-electron chi connectivity index (χ0n) is 9.41. The molecule has 0 saturated carbocycles. The molecular weight excluding hydrogens is 174 g/mol. The standard InChI is InChI=1S/C11H19N3/c1-8(2)10-5-9(7-12)6-11(13-10)14(3)4/h5-6,8H,7,12H2,1-4H3. The Hall–Kier alpha value is -1.09. The van der Waals surface area contributed by atoms with E-state index in [4.69, 9.17) is 5.73 Å². The molecule has 0 saturated heterocycles. The zero-order valence-corrected chi connectivity index (χ0v) is 9.41. The van der Waals surface area contributed by atoms with Crippen LogP contribution in [0.15, 0.2) is 12.1 Å². The van der Waals surface area contributed by atoms with Crippen LogP contribution in [0.1, 0.15) is 31.0 Å². The molecule has 0 aromatic carbocycles. The Morgan fingerprint density at radius 1 is 1.36 bits per heavy atom. The van der Waals surface area contributed by atoms with E-state index in [9.17, 15) is 0 Å². The van der Waals surface area contributed by atoms with Gasteiger partial charge in [0.15, 0.2) is 0 Å². The number of anilines is 1. The topological polar surface area (TPSA) is 42.1 Å². The van der Waals surface area contributed by atoms with Crippen molar-refractivity contribution in [1.82, 2.24) is 4.98 Å². The van der Waals surface area contributed by atoms with E-state index in [1.807, 2.05) is 25.1 Å². The molecule has 3 nitrogen and oxygen atoms in total. The van der Waals surface area contributed by atoms with Crippen LogP contribution in [-0.4, -0.2) is 19.1 Å². The summed E-state index contributed by atoms with van der Waals surface area (Å²) in [4.78, 5) is 6.56. The Labute approximate surface area is 85.9 Å². The van der Waals surface area contributed by atoms with E-state index in [1.165, 1.54) is 0 Å².